The summed E-state index contributed by atoms with van der Waals surface area (Å²) >= 11 is 1.22. The number of nitrogens with one attached hydrogen (secondary N) is 1. The van der Waals surface area contributed by atoms with Crippen LogP contribution in [-0.4, -0.2) is 48.2 Å². The average Bonchev–Trinajstić information content (AvgIpc) is 2.77. The second-order valence-corrected chi connectivity index (χ2v) is 5.22. The van der Waals surface area contributed by atoms with Crippen LogP contribution in [-0.2, 0) is 9.53 Å². The molecule has 2 N–H and O–H groups in total. The largest absolute Gasteiger partial charge is 0.481 e. The molecule has 0 atom stereocenters. The van der Waals surface area contributed by atoms with Gasteiger partial charge in [-0.15, -0.1) is 11.3 Å². The van der Waals surface area contributed by atoms with Crippen LogP contribution in [0.5, 0.6) is 0 Å². The Kier molecular flexibility index (Phi) is 6.16. The quantitative estimate of drug-likeness (QED) is 0.785. The van der Waals surface area contributed by atoms with Crippen molar-refractivity contribution in [3.8, 4) is 0 Å². The van der Waals surface area contributed by atoms with Gasteiger partial charge in [-0.3, -0.25) is 10.1 Å². The Morgan fingerprint density at radius 2 is 2.10 bits per heavy atom. The SMILES string of the molecule is CCOC(=O)c1c(C)csc1NC(=O)N(C)CCC(=O)O. The lowest BCUT2D eigenvalue weighted by atomic mass is 10.2. The molecule has 7 nitrogen and oxygen atoms in total. The molecular formula is C13H18N2O5S. The number of esters is 1. The Balaban J connectivity index is 2.76. The first kappa shape index (κ1) is 17.0. The monoisotopic (exact) mass is 314 g/mol. The first-order chi connectivity index (χ1) is 9.86. The van der Waals surface area contributed by atoms with Crippen molar-refractivity contribution in [2.75, 3.05) is 25.5 Å². The van der Waals surface area contributed by atoms with Crippen molar-refractivity contribution in [3.63, 3.8) is 0 Å². The highest BCUT2D eigenvalue weighted by atomic mass is 32.1. The molecule has 0 saturated carbocycles. The molecule has 1 rings (SSSR count). The third-order valence-corrected chi connectivity index (χ3v) is 3.70. The van der Waals surface area contributed by atoms with Crippen LogP contribution in [0.2, 0.25) is 0 Å². The average molecular weight is 314 g/mol. The number of urea groups is 1. The van der Waals surface area contributed by atoms with Gasteiger partial charge < -0.3 is 14.7 Å². The van der Waals surface area contributed by atoms with Gasteiger partial charge in [0.25, 0.3) is 0 Å². The van der Waals surface area contributed by atoms with E-state index in [9.17, 15) is 14.4 Å². The molecule has 1 heterocycles. The summed E-state index contributed by atoms with van der Waals surface area (Å²) in [7, 11) is 1.49. The summed E-state index contributed by atoms with van der Waals surface area (Å²) in [5.74, 6) is -1.46. The highest BCUT2D eigenvalue weighted by molar-refractivity contribution is 7.15. The number of anilines is 1. The summed E-state index contributed by atoms with van der Waals surface area (Å²) in [6, 6.07) is -0.469. The third-order valence-electron chi connectivity index (χ3n) is 2.68. The maximum Gasteiger partial charge on any atom is 0.341 e. The number of ether oxygens (including phenoxy) is 1. The second-order valence-electron chi connectivity index (χ2n) is 4.34. The van der Waals surface area contributed by atoms with Gasteiger partial charge in [-0.2, -0.15) is 0 Å². The number of thiophene rings is 1. The van der Waals surface area contributed by atoms with Gasteiger partial charge in [0.2, 0.25) is 0 Å². The van der Waals surface area contributed by atoms with E-state index in [1.165, 1.54) is 23.3 Å². The number of carbonyl (C=O) groups is 3. The van der Waals surface area contributed by atoms with Crippen molar-refractivity contribution in [2.24, 2.45) is 0 Å². The minimum absolute atomic E-state index is 0.0836. The zero-order valence-electron chi connectivity index (χ0n) is 12.1. The number of hydrogen-bond acceptors (Lipinski definition) is 5. The molecule has 0 aliphatic carbocycles. The standard InChI is InChI=1S/C13H18N2O5S/c1-4-20-12(18)10-8(2)7-21-11(10)14-13(19)15(3)6-5-9(16)17/h7H,4-6H2,1-3H3,(H,14,19)(H,16,17). The van der Waals surface area contributed by atoms with Gasteiger partial charge in [-0.05, 0) is 24.8 Å². The first-order valence-corrected chi connectivity index (χ1v) is 7.23. The van der Waals surface area contributed by atoms with Gasteiger partial charge in [0.15, 0.2) is 0 Å². The minimum Gasteiger partial charge on any atom is -0.481 e. The van der Waals surface area contributed by atoms with E-state index in [4.69, 9.17) is 9.84 Å². The first-order valence-electron chi connectivity index (χ1n) is 6.35. The van der Waals surface area contributed by atoms with Crippen LogP contribution in [0.4, 0.5) is 9.80 Å². The van der Waals surface area contributed by atoms with E-state index in [0.29, 0.717) is 10.6 Å². The minimum atomic E-state index is -0.978. The molecule has 0 radical (unpaired) electrons. The van der Waals surface area contributed by atoms with Crippen LogP contribution in [0.15, 0.2) is 5.38 Å². The molecule has 0 bridgehead atoms. The Morgan fingerprint density at radius 3 is 2.67 bits per heavy atom. The van der Waals surface area contributed by atoms with Crippen LogP contribution in [0.25, 0.3) is 0 Å². The van der Waals surface area contributed by atoms with Crippen LogP contribution >= 0.6 is 11.3 Å². The van der Waals surface area contributed by atoms with E-state index in [0.717, 1.165) is 5.56 Å². The van der Waals surface area contributed by atoms with Crippen LogP contribution in [0.1, 0.15) is 29.3 Å². The molecule has 8 heteroatoms. The van der Waals surface area contributed by atoms with E-state index in [-0.39, 0.29) is 19.6 Å². The van der Waals surface area contributed by atoms with Crippen molar-refractivity contribution < 1.29 is 24.2 Å². The number of nitrogens with zero attached hydrogens (tertiary/aromatic N) is 1. The summed E-state index contributed by atoms with van der Waals surface area (Å²) in [6.07, 6.45) is -0.141. The molecule has 0 fully saturated rings. The molecule has 21 heavy (non-hydrogen) atoms. The van der Waals surface area contributed by atoms with Crippen molar-refractivity contribution >= 4 is 34.3 Å². The summed E-state index contributed by atoms with van der Waals surface area (Å²) in [6.45, 7) is 3.80. The lowest BCUT2D eigenvalue weighted by Crippen LogP contribution is -2.33. The maximum atomic E-state index is 11.9. The van der Waals surface area contributed by atoms with E-state index < -0.39 is 18.0 Å². The van der Waals surface area contributed by atoms with E-state index in [1.54, 1.807) is 19.2 Å². The smallest absolute Gasteiger partial charge is 0.341 e. The van der Waals surface area contributed by atoms with Crippen molar-refractivity contribution in [1.29, 1.82) is 0 Å². The van der Waals surface area contributed by atoms with Gasteiger partial charge in [-0.25, -0.2) is 9.59 Å². The molecule has 0 unspecified atom stereocenters. The van der Waals surface area contributed by atoms with Crippen molar-refractivity contribution in [2.45, 2.75) is 20.3 Å². The van der Waals surface area contributed by atoms with Gasteiger partial charge in [0.05, 0.1) is 18.6 Å². The molecule has 0 saturated heterocycles. The number of aryl methyl sites for hydroxylation is 1. The zero-order valence-corrected chi connectivity index (χ0v) is 13.0. The number of carboxylic acids is 1. The lowest BCUT2D eigenvalue weighted by molar-refractivity contribution is -0.137. The predicted molar refractivity (Wildman–Crippen MR) is 78.9 cm³/mol. The van der Waals surface area contributed by atoms with E-state index in [2.05, 4.69) is 5.32 Å². The molecule has 1 aromatic heterocycles. The molecule has 116 valence electrons. The fourth-order valence-electron chi connectivity index (χ4n) is 1.55. The molecule has 0 aliphatic rings. The van der Waals surface area contributed by atoms with Gasteiger partial charge in [0, 0.05) is 13.6 Å². The molecule has 1 aromatic rings. The summed E-state index contributed by atoms with van der Waals surface area (Å²) in [4.78, 5) is 35.5. The van der Waals surface area contributed by atoms with Crippen LogP contribution < -0.4 is 5.32 Å². The van der Waals surface area contributed by atoms with Gasteiger partial charge in [-0.1, -0.05) is 0 Å². The second kappa shape index (κ2) is 7.63. The number of aliphatic carboxylic acids is 1. The molecule has 0 aliphatic heterocycles. The molecule has 2 amide bonds. The zero-order chi connectivity index (χ0) is 16.0. The number of rotatable bonds is 6. The van der Waals surface area contributed by atoms with Crippen molar-refractivity contribution in [1.82, 2.24) is 4.90 Å². The Morgan fingerprint density at radius 1 is 1.43 bits per heavy atom. The number of amides is 2. The molecule has 0 spiro atoms. The fourth-order valence-corrected chi connectivity index (χ4v) is 2.47. The number of hydrogen-bond donors (Lipinski definition) is 2. The Hall–Kier alpha value is -2.09. The van der Waals surface area contributed by atoms with E-state index >= 15 is 0 Å². The summed E-state index contributed by atoms with van der Waals surface area (Å²) in [5, 5.41) is 13.4. The highest BCUT2D eigenvalue weighted by Gasteiger charge is 2.20. The summed E-state index contributed by atoms with van der Waals surface area (Å²) < 4.78 is 4.95. The maximum absolute atomic E-state index is 11.9. The predicted octanol–water partition coefficient (Wildman–Crippen LogP) is 2.17. The number of carboxylic acid groups (broad SMARTS) is 1. The van der Waals surface area contributed by atoms with Crippen LogP contribution in [0, 0.1) is 6.92 Å². The Labute approximate surface area is 126 Å². The highest BCUT2D eigenvalue weighted by Crippen LogP contribution is 2.28. The summed E-state index contributed by atoms with van der Waals surface area (Å²) in [5.41, 5.74) is 1.06. The lowest BCUT2D eigenvalue weighted by Gasteiger charge is -2.16. The Bertz CT molecular complexity index is 541. The molecule has 0 aromatic carbocycles. The van der Waals surface area contributed by atoms with Gasteiger partial charge in [0.1, 0.15) is 5.00 Å². The van der Waals surface area contributed by atoms with Gasteiger partial charge >= 0.3 is 18.0 Å². The van der Waals surface area contributed by atoms with Crippen molar-refractivity contribution in [3.05, 3.63) is 16.5 Å². The van der Waals surface area contributed by atoms with Crippen LogP contribution in [0.3, 0.4) is 0 Å². The molecular weight excluding hydrogens is 296 g/mol. The topological polar surface area (TPSA) is 95.9 Å². The normalized spacial score (nSPS) is 10.0. The fraction of sp³-hybridized carbons (Fsp3) is 0.462. The number of carbonyl (C=O) groups excluding carboxylic acids is 2. The van der Waals surface area contributed by atoms with E-state index in [1.807, 2.05) is 0 Å². The third kappa shape index (κ3) is 4.75.